The van der Waals surface area contributed by atoms with Crippen molar-refractivity contribution >= 4 is 28.6 Å². The van der Waals surface area contributed by atoms with Gasteiger partial charge in [0.2, 0.25) is 0 Å². The van der Waals surface area contributed by atoms with E-state index in [1.54, 1.807) is 0 Å². The first kappa shape index (κ1) is 11.5. The Morgan fingerprint density at radius 2 is 2.00 bits per heavy atom. The molecular weight excluding hydrogens is 293 g/mol. The van der Waals surface area contributed by atoms with Crippen LogP contribution in [0.25, 0.3) is 0 Å². The summed E-state index contributed by atoms with van der Waals surface area (Å²) in [5, 5.41) is 8.52. The molecule has 3 N–H and O–H groups in total. The standard InChI is InChI=1S/C10H12INO2/c11-8-3-1-7(2-4-8)5-9(12)6-10(13)14/h1-4,9H,5-6,12H2,(H,13,14). The van der Waals surface area contributed by atoms with Gasteiger partial charge >= 0.3 is 5.97 Å². The maximum atomic E-state index is 10.4. The average molecular weight is 305 g/mol. The van der Waals surface area contributed by atoms with Crippen LogP contribution in [0.3, 0.4) is 0 Å². The van der Waals surface area contributed by atoms with Gasteiger partial charge in [0.25, 0.3) is 0 Å². The topological polar surface area (TPSA) is 63.3 Å². The maximum Gasteiger partial charge on any atom is 0.304 e. The number of carboxylic acids is 1. The molecule has 1 rings (SSSR count). The van der Waals surface area contributed by atoms with Crippen LogP contribution < -0.4 is 5.73 Å². The van der Waals surface area contributed by atoms with E-state index < -0.39 is 5.97 Å². The number of rotatable bonds is 4. The molecule has 1 aromatic carbocycles. The first-order valence-corrected chi connectivity index (χ1v) is 5.37. The summed E-state index contributed by atoms with van der Waals surface area (Å²) in [6, 6.07) is 7.63. The number of carboxylic acid groups (broad SMARTS) is 1. The Bertz CT molecular complexity index is 310. The van der Waals surface area contributed by atoms with Gasteiger partial charge in [0.1, 0.15) is 0 Å². The predicted molar refractivity (Wildman–Crippen MR) is 63.1 cm³/mol. The highest BCUT2D eigenvalue weighted by Crippen LogP contribution is 2.09. The van der Waals surface area contributed by atoms with Crippen LogP contribution in [0.2, 0.25) is 0 Å². The number of halogens is 1. The molecule has 1 unspecified atom stereocenters. The smallest absolute Gasteiger partial charge is 0.304 e. The zero-order valence-electron chi connectivity index (χ0n) is 7.61. The number of hydrogen-bond acceptors (Lipinski definition) is 2. The van der Waals surface area contributed by atoms with Gasteiger partial charge < -0.3 is 10.8 Å². The molecule has 0 spiro atoms. The summed E-state index contributed by atoms with van der Waals surface area (Å²) < 4.78 is 1.16. The normalized spacial score (nSPS) is 12.4. The van der Waals surface area contributed by atoms with Crippen LogP contribution in [0.15, 0.2) is 24.3 Å². The van der Waals surface area contributed by atoms with E-state index in [9.17, 15) is 4.79 Å². The molecule has 0 heterocycles. The van der Waals surface area contributed by atoms with E-state index >= 15 is 0 Å². The minimum atomic E-state index is -0.844. The molecule has 3 nitrogen and oxygen atoms in total. The molecule has 0 radical (unpaired) electrons. The number of nitrogens with two attached hydrogens (primary N) is 1. The highest BCUT2D eigenvalue weighted by atomic mass is 127. The van der Waals surface area contributed by atoms with E-state index in [1.807, 2.05) is 24.3 Å². The van der Waals surface area contributed by atoms with Crippen LogP contribution in [-0.4, -0.2) is 17.1 Å². The second-order valence-corrected chi connectivity index (χ2v) is 4.43. The lowest BCUT2D eigenvalue weighted by atomic mass is 10.0. The van der Waals surface area contributed by atoms with Crippen LogP contribution >= 0.6 is 22.6 Å². The lowest BCUT2D eigenvalue weighted by Gasteiger charge is -2.08. The van der Waals surface area contributed by atoms with Crippen LogP contribution in [0.5, 0.6) is 0 Å². The molecule has 76 valence electrons. The molecule has 0 aliphatic carbocycles. The van der Waals surface area contributed by atoms with Crippen LogP contribution in [0.1, 0.15) is 12.0 Å². The van der Waals surface area contributed by atoms with Gasteiger partial charge in [-0.25, -0.2) is 0 Å². The van der Waals surface area contributed by atoms with Gasteiger partial charge in [-0.1, -0.05) is 12.1 Å². The van der Waals surface area contributed by atoms with E-state index in [1.165, 1.54) is 0 Å². The van der Waals surface area contributed by atoms with Crippen LogP contribution in [0, 0.1) is 3.57 Å². The van der Waals surface area contributed by atoms with Crippen molar-refractivity contribution in [3.05, 3.63) is 33.4 Å². The maximum absolute atomic E-state index is 10.4. The molecule has 4 heteroatoms. The van der Waals surface area contributed by atoms with Crippen molar-refractivity contribution in [1.29, 1.82) is 0 Å². The zero-order valence-corrected chi connectivity index (χ0v) is 9.77. The molecule has 1 aromatic rings. The van der Waals surface area contributed by atoms with Crippen molar-refractivity contribution in [2.75, 3.05) is 0 Å². The summed E-state index contributed by atoms with van der Waals surface area (Å²) >= 11 is 2.22. The molecule has 0 saturated heterocycles. The first-order chi connectivity index (χ1) is 6.58. The summed E-state index contributed by atoms with van der Waals surface area (Å²) in [6.07, 6.45) is 0.634. The Labute approximate surface area is 96.4 Å². The predicted octanol–water partition coefficient (Wildman–Crippen LogP) is 1.64. The molecule has 0 amide bonds. The fourth-order valence-electron chi connectivity index (χ4n) is 1.22. The van der Waals surface area contributed by atoms with E-state index in [0.717, 1.165) is 9.13 Å². The molecule has 0 aliphatic heterocycles. The lowest BCUT2D eigenvalue weighted by Crippen LogP contribution is -2.26. The summed E-state index contributed by atoms with van der Waals surface area (Å²) in [4.78, 5) is 10.4. The van der Waals surface area contributed by atoms with E-state index in [0.29, 0.717) is 6.42 Å². The molecule has 0 aliphatic rings. The van der Waals surface area contributed by atoms with Crippen molar-refractivity contribution < 1.29 is 9.90 Å². The van der Waals surface area contributed by atoms with E-state index in [2.05, 4.69) is 22.6 Å². The SMILES string of the molecule is NC(CC(=O)O)Cc1ccc(I)cc1. The Morgan fingerprint density at radius 1 is 1.43 bits per heavy atom. The fourth-order valence-corrected chi connectivity index (χ4v) is 1.58. The molecular formula is C10H12INO2. The van der Waals surface area contributed by atoms with E-state index in [-0.39, 0.29) is 12.5 Å². The molecule has 14 heavy (non-hydrogen) atoms. The van der Waals surface area contributed by atoms with Crippen molar-refractivity contribution in [2.24, 2.45) is 5.73 Å². The summed E-state index contributed by atoms with van der Waals surface area (Å²) in [7, 11) is 0. The Balaban J connectivity index is 2.51. The zero-order chi connectivity index (χ0) is 10.6. The third-order valence-corrected chi connectivity index (χ3v) is 2.57. The Morgan fingerprint density at radius 3 is 2.50 bits per heavy atom. The van der Waals surface area contributed by atoms with Gasteiger partial charge in [-0.2, -0.15) is 0 Å². The third-order valence-electron chi connectivity index (χ3n) is 1.85. The van der Waals surface area contributed by atoms with Gasteiger partial charge in [-0.3, -0.25) is 4.79 Å². The minimum Gasteiger partial charge on any atom is -0.481 e. The van der Waals surface area contributed by atoms with Crippen molar-refractivity contribution in [3.8, 4) is 0 Å². The number of benzene rings is 1. The Kier molecular flexibility index (Phi) is 4.34. The van der Waals surface area contributed by atoms with Crippen molar-refractivity contribution in [3.63, 3.8) is 0 Å². The number of carbonyl (C=O) groups is 1. The second kappa shape index (κ2) is 5.31. The molecule has 0 fully saturated rings. The highest BCUT2D eigenvalue weighted by molar-refractivity contribution is 14.1. The Hall–Kier alpha value is -0.620. The lowest BCUT2D eigenvalue weighted by molar-refractivity contribution is -0.137. The van der Waals surface area contributed by atoms with Gasteiger partial charge in [0.05, 0.1) is 6.42 Å². The summed E-state index contributed by atoms with van der Waals surface area (Å²) in [5.74, 6) is -0.844. The van der Waals surface area contributed by atoms with Crippen molar-refractivity contribution in [1.82, 2.24) is 0 Å². The average Bonchev–Trinajstić information content (AvgIpc) is 2.07. The molecule has 0 bridgehead atoms. The monoisotopic (exact) mass is 305 g/mol. The fraction of sp³-hybridized carbons (Fsp3) is 0.300. The quantitative estimate of drug-likeness (QED) is 0.831. The molecule has 0 aromatic heterocycles. The molecule has 0 saturated carbocycles. The largest absolute Gasteiger partial charge is 0.481 e. The van der Waals surface area contributed by atoms with E-state index in [4.69, 9.17) is 10.8 Å². The van der Waals surface area contributed by atoms with Gasteiger partial charge in [-0.05, 0) is 46.7 Å². The second-order valence-electron chi connectivity index (χ2n) is 3.19. The number of hydrogen-bond donors (Lipinski definition) is 2. The van der Waals surface area contributed by atoms with Crippen molar-refractivity contribution in [2.45, 2.75) is 18.9 Å². The van der Waals surface area contributed by atoms with Gasteiger partial charge in [0, 0.05) is 9.61 Å². The highest BCUT2D eigenvalue weighted by Gasteiger charge is 2.08. The van der Waals surface area contributed by atoms with Gasteiger partial charge in [0.15, 0.2) is 0 Å². The summed E-state index contributed by atoms with van der Waals surface area (Å²) in [5.41, 5.74) is 6.74. The molecule has 1 atom stereocenters. The number of aliphatic carboxylic acids is 1. The first-order valence-electron chi connectivity index (χ1n) is 4.30. The third kappa shape index (κ3) is 4.06. The minimum absolute atomic E-state index is 0.0198. The van der Waals surface area contributed by atoms with Gasteiger partial charge in [-0.15, -0.1) is 0 Å². The summed E-state index contributed by atoms with van der Waals surface area (Å²) in [6.45, 7) is 0. The van der Waals surface area contributed by atoms with Crippen LogP contribution in [-0.2, 0) is 11.2 Å². The van der Waals surface area contributed by atoms with Crippen LogP contribution in [0.4, 0.5) is 0 Å².